The van der Waals surface area contributed by atoms with Gasteiger partial charge in [0.15, 0.2) is 0 Å². The molecule has 2 aromatic heterocycles. The Bertz CT molecular complexity index is 1560. The maximum absolute atomic E-state index is 13.2. The van der Waals surface area contributed by atoms with Crippen LogP contribution in [0.4, 0.5) is 13.2 Å². The average molecular weight is 562 g/mol. The highest BCUT2D eigenvalue weighted by molar-refractivity contribution is 5.99. The van der Waals surface area contributed by atoms with Crippen molar-refractivity contribution in [1.82, 2.24) is 25.1 Å². The molecule has 0 unspecified atom stereocenters. The van der Waals surface area contributed by atoms with Crippen LogP contribution in [0, 0.1) is 0 Å². The van der Waals surface area contributed by atoms with Gasteiger partial charge in [-0.25, -0.2) is 0 Å². The minimum absolute atomic E-state index is 0.0180. The summed E-state index contributed by atoms with van der Waals surface area (Å²) in [5.74, 6) is -0.186. The van der Waals surface area contributed by atoms with E-state index in [0.29, 0.717) is 50.1 Å². The van der Waals surface area contributed by atoms with E-state index in [1.807, 2.05) is 18.2 Å². The van der Waals surface area contributed by atoms with Crippen LogP contribution >= 0.6 is 0 Å². The lowest BCUT2D eigenvalue weighted by Gasteiger charge is -2.32. The predicted molar refractivity (Wildman–Crippen MR) is 148 cm³/mol. The van der Waals surface area contributed by atoms with Crippen LogP contribution in [0.15, 0.2) is 67.0 Å². The van der Waals surface area contributed by atoms with E-state index in [0.717, 1.165) is 52.8 Å². The maximum atomic E-state index is 13.2. The normalized spacial score (nSPS) is 16.5. The number of aromatic amines is 1. The number of hydrogen-bond donors (Lipinski definition) is 2. The van der Waals surface area contributed by atoms with E-state index in [2.05, 4.69) is 20.2 Å². The molecular weight excluding hydrogens is 531 g/mol. The summed E-state index contributed by atoms with van der Waals surface area (Å²) >= 11 is 0. The molecule has 2 aliphatic heterocycles. The standard InChI is InChI=1S/C31H30F3N5O2/c32-31(33,34)23-6-3-20(4-7-23)18-38-13-11-28-26(19-38)25-16-21(5-8-27(25)37-28)29(40)36-24-9-14-39(15-10-24)30(41)22-2-1-12-35-17-22/h1-8,12,16-17,24,37H,9-11,13-15,18-19H2,(H,36,40). The van der Waals surface area contributed by atoms with Gasteiger partial charge in [0, 0.05) is 79.7 Å². The quantitative estimate of drug-likeness (QED) is 0.352. The second-order valence-electron chi connectivity index (χ2n) is 10.8. The van der Waals surface area contributed by atoms with Crippen molar-refractivity contribution in [2.24, 2.45) is 0 Å². The van der Waals surface area contributed by atoms with Crippen molar-refractivity contribution in [3.05, 3.63) is 101 Å². The number of amides is 2. The summed E-state index contributed by atoms with van der Waals surface area (Å²) < 4.78 is 38.8. The number of hydrogen-bond acceptors (Lipinski definition) is 4. The zero-order valence-corrected chi connectivity index (χ0v) is 22.4. The largest absolute Gasteiger partial charge is 0.416 e. The Balaban J connectivity index is 1.09. The van der Waals surface area contributed by atoms with Gasteiger partial charge in [-0.05, 0) is 66.4 Å². The second-order valence-corrected chi connectivity index (χ2v) is 10.8. The number of likely N-dealkylation sites (tertiary alicyclic amines) is 1. The van der Waals surface area contributed by atoms with Gasteiger partial charge in [0.1, 0.15) is 0 Å². The van der Waals surface area contributed by atoms with E-state index in [9.17, 15) is 22.8 Å². The SMILES string of the molecule is O=C(NC1CCN(C(=O)c2cccnc2)CC1)c1ccc2[nH]c3c(c2c1)CN(Cc1ccc(C(F)(F)F)cc1)CC3. The first kappa shape index (κ1) is 27.0. The van der Waals surface area contributed by atoms with E-state index in [4.69, 9.17) is 0 Å². The number of pyridine rings is 1. The Labute approximate surface area is 235 Å². The third-order valence-electron chi connectivity index (χ3n) is 8.03. The summed E-state index contributed by atoms with van der Waals surface area (Å²) in [7, 11) is 0. The van der Waals surface area contributed by atoms with Gasteiger partial charge < -0.3 is 15.2 Å². The van der Waals surface area contributed by atoms with Crippen LogP contribution in [0.25, 0.3) is 10.9 Å². The number of fused-ring (bicyclic) bond motifs is 3. The molecule has 4 aromatic rings. The molecule has 2 aliphatic rings. The molecule has 0 saturated carbocycles. The average Bonchev–Trinajstić information content (AvgIpc) is 3.35. The smallest absolute Gasteiger partial charge is 0.358 e. The Kier molecular flexibility index (Phi) is 7.25. The van der Waals surface area contributed by atoms with Crippen molar-refractivity contribution in [2.75, 3.05) is 19.6 Å². The van der Waals surface area contributed by atoms with Gasteiger partial charge in [-0.3, -0.25) is 19.5 Å². The van der Waals surface area contributed by atoms with Gasteiger partial charge >= 0.3 is 6.18 Å². The number of carbonyl (C=O) groups excluding carboxylic acids is 2. The predicted octanol–water partition coefficient (Wildman–Crippen LogP) is 5.17. The highest BCUT2D eigenvalue weighted by Crippen LogP contribution is 2.31. The zero-order chi connectivity index (χ0) is 28.6. The van der Waals surface area contributed by atoms with E-state index in [-0.39, 0.29) is 17.9 Å². The molecule has 4 heterocycles. The number of nitrogens with zero attached hydrogens (tertiary/aromatic N) is 3. The molecule has 6 rings (SSSR count). The minimum atomic E-state index is -4.34. The molecule has 2 N–H and O–H groups in total. The van der Waals surface area contributed by atoms with Crippen LogP contribution in [0.3, 0.4) is 0 Å². The Hall–Kier alpha value is -4.18. The van der Waals surface area contributed by atoms with E-state index >= 15 is 0 Å². The summed E-state index contributed by atoms with van der Waals surface area (Å²) in [5, 5.41) is 4.13. The molecule has 41 heavy (non-hydrogen) atoms. The van der Waals surface area contributed by atoms with Crippen molar-refractivity contribution in [1.29, 1.82) is 0 Å². The van der Waals surface area contributed by atoms with Gasteiger partial charge in [0.25, 0.3) is 11.8 Å². The van der Waals surface area contributed by atoms with Gasteiger partial charge in [-0.15, -0.1) is 0 Å². The molecule has 212 valence electrons. The number of alkyl halides is 3. The molecule has 0 aliphatic carbocycles. The summed E-state index contributed by atoms with van der Waals surface area (Å²) in [6.07, 6.45) is 1.02. The van der Waals surface area contributed by atoms with Crippen LogP contribution in [0.1, 0.15) is 55.9 Å². The number of nitrogens with one attached hydrogen (secondary N) is 2. The van der Waals surface area contributed by atoms with Gasteiger partial charge in [-0.1, -0.05) is 12.1 Å². The van der Waals surface area contributed by atoms with E-state index < -0.39 is 11.7 Å². The fourth-order valence-electron chi connectivity index (χ4n) is 5.77. The molecule has 0 bridgehead atoms. The molecular formula is C31H30F3N5O2. The lowest BCUT2D eigenvalue weighted by molar-refractivity contribution is -0.137. The first-order chi connectivity index (χ1) is 19.7. The molecule has 1 fully saturated rings. The van der Waals surface area contributed by atoms with Crippen LogP contribution in [-0.2, 0) is 25.7 Å². The first-order valence-electron chi connectivity index (χ1n) is 13.8. The Morgan fingerprint density at radius 1 is 1.00 bits per heavy atom. The fraction of sp³-hybridized carbons (Fsp3) is 0.323. The monoisotopic (exact) mass is 561 g/mol. The zero-order valence-electron chi connectivity index (χ0n) is 22.4. The van der Waals surface area contributed by atoms with E-state index in [1.165, 1.54) is 12.1 Å². The first-order valence-corrected chi connectivity index (χ1v) is 13.8. The van der Waals surface area contributed by atoms with Gasteiger partial charge in [-0.2, -0.15) is 13.2 Å². The molecule has 2 aromatic carbocycles. The number of rotatable bonds is 5. The molecule has 0 atom stereocenters. The Morgan fingerprint density at radius 3 is 2.49 bits per heavy atom. The summed E-state index contributed by atoms with van der Waals surface area (Å²) in [6.45, 7) is 3.11. The van der Waals surface area contributed by atoms with Crippen LogP contribution < -0.4 is 5.32 Å². The number of aromatic nitrogens is 2. The molecule has 2 amide bonds. The van der Waals surface area contributed by atoms with Crippen LogP contribution in [0.5, 0.6) is 0 Å². The third kappa shape index (κ3) is 5.83. The van der Waals surface area contributed by atoms with E-state index in [1.54, 1.807) is 29.4 Å². The molecule has 7 nitrogen and oxygen atoms in total. The summed E-state index contributed by atoms with van der Waals surface area (Å²) in [6, 6.07) is 14.5. The number of halogens is 3. The van der Waals surface area contributed by atoms with Crippen molar-refractivity contribution < 1.29 is 22.8 Å². The molecule has 0 radical (unpaired) electrons. The Morgan fingerprint density at radius 2 is 1.78 bits per heavy atom. The number of piperidine rings is 1. The topological polar surface area (TPSA) is 81.3 Å². The maximum Gasteiger partial charge on any atom is 0.416 e. The summed E-state index contributed by atoms with van der Waals surface area (Å²) in [5.41, 5.74) is 4.54. The van der Waals surface area contributed by atoms with Crippen molar-refractivity contribution in [3.63, 3.8) is 0 Å². The minimum Gasteiger partial charge on any atom is -0.358 e. The molecule has 10 heteroatoms. The lowest BCUT2D eigenvalue weighted by Crippen LogP contribution is -2.46. The van der Waals surface area contributed by atoms with Crippen molar-refractivity contribution in [2.45, 2.75) is 44.6 Å². The van der Waals surface area contributed by atoms with Crippen LogP contribution in [-0.4, -0.2) is 57.3 Å². The van der Waals surface area contributed by atoms with Gasteiger partial charge in [0.05, 0.1) is 11.1 Å². The number of H-pyrrole nitrogens is 1. The van der Waals surface area contributed by atoms with Gasteiger partial charge in [0.2, 0.25) is 0 Å². The third-order valence-corrected chi connectivity index (χ3v) is 8.03. The highest BCUT2D eigenvalue weighted by Gasteiger charge is 2.30. The molecule has 0 spiro atoms. The van der Waals surface area contributed by atoms with Crippen LogP contribution in [0.2, 0.25) is 0 Å². The number of carbonyl (C=O) groups is 2. The van der Waals surface area contributed by atoms with Crippen molar-refractivity contribution >= 4 is 22.7 Å². The lowest BCUT2D eigenvalue weighted by atomic mass is 10.0. The van der Waals surface area contributed by atoms with Crippen molar-refractivity contribution in [3.8, 4) is 0 Å². The molecule has 1 saturated heterocycles. The number of benzene rings is 2. The fourth-order valence-corrected chi connectivity index (χ4v) is 5.77. The highest BCUT2D eigenvalue weighted by atomic mass is 19.4. The second kappa shape index (κ2) is 11.0. The summed E-state index contributed by atoms with van der Waals surface area (Å²) in [4.78, 5) is 37.4.